The van der Waals surface area contributed by atoms with Gasteiger partial charge in [-0.1, -0.05) is 25.5 Å². The summed E-state index contributed by atoms with van der Waals surface area (Å²) in [6.07, 6.45) is 0.788. The highest BCUT2D eigenvalue weighted by Gasteiger charge is 2.51. The van der Waals surface area contributed by atoms with Gasteiger partial charge in [-0.25, -0.2) is 14.2 Å². The Hall–Kier alpha value is -2.32. The Morgan fingerprint density at radius 2 is 1.73 bits per heavy atom. The van der Waals surface area contributed by atoms with Gasteiger partial charge in [-0.3, -0.25) is 0 Å². The molecule has 0 atom stereocenters. The number of fused-ring (bicyclic) bond motifs is 1. The summed E-state index contributed by atoms with van der Waals surface area (Å²) in [4.78, 5) is 24.8. The first-order valence-electron chi connectivity index (χ1n) is 10.3. The molecule has 0 spiro atoms. The van der Waals surface area contributed by atoms with E-state index in [4.69, 9.17) is 14.0 Å². The standard InChI is InChI=1S/C22H30BNO6/c1-8-11-20(2,3)28-19(27)24-16-13-15(10-9-14(16)12-17(24)18(25)26)23-29-21(4,5)22(6,7)30-23/h9-10,12-13H,8,11H2,1-7H3,(H,25,26). The van der Waals surface area contributed by atoms with Crippen LogP contribution in [-0.2, 0) is 14.0 Å². The van der Waals surface area contributed by atoms with Gasteiger partial charge in [0.1, 0.15) is 11.3 Å². The molecule has 2 heterocycles. The van der Waals surface area contributed by atoms with Crippen molar-refractivity contribution in [3.05, 3.63) is 30.0 Å². The van der Waals surface area contributed by atoms with Gasteiger partial charge in [0.25, 0.3) is 0 Å². The first kappa shape index (κ1) is 22.4. The quantitative estimate of drug-likeness (QED) is 0.737. The van der Waals surface area contributed by atoms with Crippen molar-refractivity contribution in [1.29, 1.82) is 0 Å². The second-order valence-corrected chi connectivity index (χ2v) is 9.45. The van der Waals surface area contributed by atoms with E-state index in [9.17, 15) is 14.7 Å². The zero-order valence-corrected chi connectivity index (χ0v) is 18.7. The highest BCUT2D eigenvalue weighted by Crippen LogP contribution is 2.36. The third kappa shape index (κ3) is 3.98. The second kappa shape index (κ2) is 7.43. The van der Waals surface area contributed by atoms with E-state index in [1.54, 1.807) is 12.1 Å². The normalized spacial score (nSPS) is 18.0. The maximum Gasteiger partial charge on any atom is 0.494 e. The van der Waals surface area contributed by atoms with Crippen LogP contribution in [0.5, 0.6) is 0 Å². The Morgan fingerprint density at radius 1 is 1.13 bits per heavy atom. The highest BCUT2D eigenvalue weighted by molar-refractivity contribution is 6.62. The molecule has 0 saturated carbocycles. The van der Waals surface area contributed by atoms with Gasteiger partial charge in [0.05, 0.1) is 16.7 Å². The summed E-state index contributed by atoms with van der Waals surface area (Å²) in [6, 6.07) is 6.80. The highest BCUT2D eigenvalue weighted by atomic mass is 16.7. The van der Waals surface area contributed by atoms with Crippen molar-refractivity contribution in [3.63, 3.8) is 0 Å². The van der Waals surface area contributed by atoms with Crippen LogP contribution in [0.25, 0.3) is 10.9 Å². The molecule has 1 N–H and O–H groups in total. The van der Waals surface area contributed by atoms with Crippen LogP contribution in [0, 0.1) is 0 Å². The molecular formula is C22H30BNO6. The predicted octanol–water partition coefficient (Wildman–Crippen LogP) is 4.20. The van der Waals surface area contributed by atoms with Gasteiger partial charge in [-0.2, -0.15) is 0 Å². The molecule has 1 aliphatic heterocycles. The van der Waals surface area contributed by atoms with E-state index in [1.165, 1.54) is 6.07 Å². The van der Waals surface area contributed by atoms with Gasteiger partial charge in [-0.15, -0.1) is 0 Å². The van der Waals surface area contributed by atoms with Crippen molar-refractivity contribution in [2.24, 2.45) is 0 Å². The second-order valence-electron chi connectivity index (χ2n) is 9.45. The van der Waals surface area contributed by atoms with Gasteiger partial charge in [0.15, 0.2) is 0 Å². The van der Waals surface area contributed by atoms with Gasteiger partial charge in [0, 0.05) is 5.39 Å². The summed E-state index contributed by atoms with van der Waals surface area (Å²) >= 11 is 0. The Labute approximate surface area is 177 Å². The minimum absolute atomic E-state index is 0.145. The van der Waals surface area contributed by atoms with Gasteiger partial charge in [-0.05, 0) is 65.6 Å². The van der Waals surface area contributed by atoms with Gasteiger partial charge >= 0.3 is 19.2 Å². The number of carbonyl (C=O) groups is 2. The van der Waals surface area contributed by atoms with Gasteiger partial charge in [0.2, 0.25) is 0 Å². The lowest BCUT2D eigenvalue weighted by atomic mass is 9.79. The van der Waals surface area contributed by atoms with Crippen molar-refractivity contribution in [3.8, 4) is 0 Å². The number of hydrogen-bond donors (Lipinski definition) is 1. The number of carboxylic acids is 1. The number of benzene rings is 1. The summed E-state index contributed by atoms with van der Waals surface area (Å²) in [6.45, 7) is 13.5. The zero-order valence-electron chi connectivity index (χ0n) is 18.7. The maximum atomic E-state index is 13.0. The lowest BCUT2D eigenvalue weighted by Gasteiger charge is -2.32. The smallest absolute Gasteiger partial charge is 0.477 e. The monoisotopic (exact) mass is 415 g/mol. The Morgan fingerprint density at radius 3 is 2.27 bits per heavy atom. The number of rotatable bonds is 5. The first-order chi connectivity index (χ1) is 13.8. The number of ether oxygens (including phenoxy) is 1. The zero-order chi connectivity index (χ0) is 22.5. The largest absolute Gasteiger partial charge is 0.494 e. The molecule has 0 unspecified atom stereocenters. The number of carbonyl (C=O) groups excluding carboxylic acids is 1. The number of nitrogens with zero attached hydrogens (tertiary/aromatic N) is 1. The van der Waals surface area contributed by atoms with E-state index < -0.39 is 36.0 Å². The summed E-state index contributed by atoms with van der Waals surface area (Å²) < 4.78 is 19.0. The van der Waals surface area contributed by atoms with Crippen LogP contribution in [-0.4, -0.2) is 45.7 Å². The number of aromatic nitrogens is 1. The lowest BCUT2D eigenvalue weighted by Crippen LogP contribution is -2.41. The number of aromatic carboxylic acids is 1. The van der Waals surface area contributed by atoms with E-state index in [0.29, 0.717) is 22.8 Å². The minimum Gasteiger partial charge on any atom is -0.477 e. The molecule has 162 valence electrons. The van der Waals surface area contributed by atoms with Crippen LogP contribution >= 0.6 is 0 Å². The molecule has 2 aromatic rings. The third-order valence-electron chi connectivity index (χ3n) is 5.97. The Balaban J connectivity index is 2.06. The summed E-state index contributed by atoms with van der Waals surface area (Å²) in [7, 11) is -0.622. The van der Waals surface area contributed by atoms with E-state index in [0.717, 1.165) is 11.0 Å². The van der Waals surface area contributed by atoms with Crippen LogP contribution in [0.3, 0.4) is 0 Å². The topological polar surface area (TPSA) is 87.0 Å². The molecule has 1 fully saturated rings. The van der Waals surface area contributed by atoms with Crippen molar-refractivity contribution < 1.29 is 28.7 Å². The Kier molecular flexibility index (Phi) is 5.54. The molecule has 1 aromatic carbocycles. The molecule has 1 aromatic heterocycles. The summed E-state index contributed by atoms with van der Waals surface area (Å²) in [5, 5.41) is 10.3. The molecular weight excluding hydrogens is 385 g/mol. The molecule has 1 aliphatic rings. The van der Waals surface area contributed by atoms with E-state index in [-0.39, 0.29) is 5.69 Å². The van der Waals surface area contributed by atoms with Crippen LogP contribution in [0.1, 0.15) is 71.8 Å². The van der Waals surface area contributed by atoms with Crippen molar-refractivity contribution in [2.75, 3.05) is 0 Å². The van der Waals surface area contributed by atoms with Gasteiger partial charge < -0.3 is 19.2 Å². The molecule has 3 rings (SSSR count). The maximum absolute atomic E-state index is 13.0. The molecule has 1 saturated heterocycles. The van der Waals surface area contributed by atoms with Crippen molar-refractivity contribution in [2.45, 2.75) is 78.1 Å². The molecule has 8 heteroatoms. The molecule has 30 heavy (non-hydrogen) atoms. The minimum atomic E-state index is -1.20. The Bertz CT molecular complexity index is 975. The van der Waals surface area contributed by atoms with Crippen molar-refractivity contribution in [1.82, 2.24) is 4.57 Å². The SMILES string of the molecule is CCCC(C)(C)OC(=O)n1c(C(=O)O)cc2ccc(B3OC(C)(C)C(C)(C)O3)cc21. The van der Waals surface area contributed by atoms with E-state index in [2.05, 4.69) is 0 Å². The van der Waals surface area contributed by atoms with Crippen molar-refractivity contribution >= 4 is 35.5 Å². The average Bonchev–Trinajstić information content (AvgIpc) is 3.08. The fourth-order valence-electron chi connectivity index (χ4n) is 3.63. The molecule has 0 radical (unpaired) electrons. The van der Waals surface area contributed by atoms with Crippen LogP contribution in [0.4, 0.5) is 4.79 Å². The number of hydrogen-bond acceptors (Lipinski definition) is 5. The molecule has 0 bridgehead atoms. The lowest BCUT2D eigenvalue weighted by molar-refractivity contribution is 0.00578. The fourth-order valence-corrected chi connectivity index (χ4v) is 3.63. The first-order valence-corrected chi connectivity index (χ1v) is 10.3. The van der Waals surface area contributed by atoms with Crippen LogP contribution in [0.15, 0.2) is 24.3 Å². The molecule has 7 nitrogen and oxygen atoms in total. The average molecular weight is 415 g/mol. The van der Waals surface area contributed by atoms with E-state index in [1.807, 2.05) is 54.5 Å². The summed E-state index contributed by atoms with van der Waals surface area (Å²) in [5.74, 6) is -1.20. The summed E-state index contributed by atoms with van der Waals surface area (Å²) in [5.41, 5.74) is -0.724. The number of carboxylic acid groups (broad SMARTS) is 1. The predicted molar refractivity (Wildman–Crippen MR) is 115 cm³/mol. The molecule has 0 amide bonds. The van der Waals surface area contributed by atoms with Crippen LogP contribution in [0.2, 0.25) is 0 Å². The molecule has 0 aliphatic carbocycles. The third-order valence-corrected chi connectivity index (χ3v) is 5.97. The fraction of sp³-hybridized carbons (Fsp3) is 0.545. The van der Waals surface area contributed by atoms with Crippen LogP contribution < -0.4 is 5.46 Å². The van der Waals surface area contributed by atoms with E-state index >= 15 is 0 Å².